The van der Waals surface area contributed by atoms with Gasteiger partial charge in [-0.2, -0.15) is 10.1 Å². The Morgan fingerprint density at radius 3 is 2.69 bits per heavy atom. The lowest BCUT2D eigenvalue weighted by Gasteiger charge is -2.29. The third-order valence-corrected chi connectivity index (χ3v) is 5.18. The van der Waals surface area contributed by atoms with Crippen LogP contribution in [0.1, 0.15) is 37.9 Å². The number of hydrogen-bond donors (Lipinski definition) is 2. The number of rotatable bonds is 6. The second-order valence-corrected chi connectivity index (χ2v) is 7.99. The number of nitrogens with zero attached hydrogens (tertiary/aromatic N) is 3. The molecule has 2 aromatic carbocycles. The van der Waals surface area contributed by atoms with Crippen LogP contribution in [0, 0.1) is 6.92 Å². The maximum Gasteiger partial charge on any atom is 0.255 e. The van der Waals surface area contributed by atoms with Crippen LogP contribution >= 0.6 is 0 Å². The number of aryl methyl sites for hydroxylation is 1. The summed E-state index contributed by atoms with van der Waals surface area (Å²) in [7, 11) is 1.60. The van der Waals surface area contributed by atoms with Gasteiger partial charge < -0.3 is 20.1 Å². The molecule has 32 heavy (non-hydrogen) atoms. The molecule has 0 radical (unpaired) electrons. The zero-order valence-corrected chi connectivity index (χ0v) is 18.8. The van der Waals surface area contributed by atoms with E-state index in [1.165, 1.54) is 6.33 Å². The molecular formula is C24H27N5O3. The molecule has 8 heteroatoms. The van der Waals surface area contributed by atoms with Crippen LogP contribution in [0.4, 0.5) is 11.6 Å². The van der Waals surface area contributed by atoms with Crippen molar-refractivity contribution >= 4 is 17.5 Å². The van der Waals surface area contributed by atoms with Gasteiger partial charge in [-0.25, -0.2) is 4.68 Å². The van der Waals surface area contributed by atoms with Crippen LogP contribution in [0.3, 0.4) is 0 Å². The van der Waals surface area contributed by atoms with Crippen LogP contribution in [0.5, 0.6) is 11.5 Å². The Balaban J connectivity index is 1.76. The third-order valence-electron chi connectivity index (χ3n) is 5.18. The first kappa shape index (κ1) is 21.4. The van der Waals surface area contributed by atoms with Gasteiger partial charge in [0.05, 0.1) is 18.8 Å². The fraction of sp³-hybridized carbons (Fsp3) is 0.292. The molecule has 1 atom stereocenters. The number of amides is 1. The Morgan fingerprint density at radius 2 is 1.97 bits per heavy atom. The Hall–Kier alpha value is -3.81. The number of carbonyl (C=O) groups excluding carboxylic acids is 1. The van der Waals surface area contributed by atoms with E-state index < -0.39 is 6.04 Å². The fourth-order valence-electron chi connectivity index (χ4n) is 3.82. The van der Waals surface area contributed by atoms with Crippen molar-refractivity contribution in [2.75, 3.05) is 17.7 Å². The zero-order valence-electron chi connectivity index (χ0n) is 18.8. The minimum absolute atomic E-state index is 0.00774. The van der Waals surface area contributed by atoms with E-state index in [1.807, 2.05) is 70.2 Å². The molecule has 4 rings (SSSR count). The number of methoxy groups -OCH3 is 1. The molecule has 3 aromatic rings. The molecule has 1 unspecified atom stereocenters. The summed E-state index contributed by atoms with van der Waals surface area (Å²) in [6, 6.07) is 12.9. The molecular weight excluding hydrogens is 406 g/mol. The number of anilines is 2. The molecule has 1 aliphatic heterocycles. The highest BCUT2D eigenvalue weighted by Crippen LogP contribution is 2.39. The number of aromatic nitrogens is 3. The molecule has 1 aliphatic rings. The number of allylic oxidation sites excluding steroid dienone is 1. The van der Waals surface area contributed by atoms with E-state index >= 15 is 0 Å². The second kappa shape index (κ2) is 8.74. The lowest BCUT2D eigenvalue weighted by Crippen LogP contribution is -2.31. The van der Waals surface area contributed by atoms with Gasteiger partial charge in [-0.15, -0.1) is 0 Å². The van der Waals surface area contributed by atoms with E-state index in [-0.39, 0.29) is 12.0 Å². The van der Waals surface area contributed by atoms with Crippen molar-refractivity contribution in [2.24, 2.45) is 0 Å². The standard InChI is InChI=1S/C24H27N5O3/c1-14(2)32-19-10-9-17(12-20(19)31-5)22-21(16(4)27-24-25-13-26-29(22)24)23(30)28-18-8-6-7-15(3)11-18/h6-14,22H,1-5H3,(H,28,30)(H,25,26,27). The molecule has 0 saturated carbocycles. The molecule has 166 valence electrons. The van der Waals surface area contributed by atoms with Crippen molar-refractivity contribution in [3.63, 3.8) is 0 Å². The molecule has 0 fully saturated rings. The average molecular weight is 434 g/mol. The largest absolute Gasteiger partial charge is 0.493 e. The topological polar surface area (TPSA) is 90.3 Å². The molecule has 0 aliphatic carbocycles. The van der Waals surface area contributed by atoms with E-state index in [4.69, 9.17) is 9.47 Å². The smallest absolute Gasteiger partial charge is 0.255 e. The van der Waals surface area contributed by atoms with Gasteiger partial charge in [0.2, 0.25) is 5.95 Å². The minimum Gasteiger partial charge on any atom is -0.493 e. The van der Waals surface area contributed by atoms with E-state index in [2.05, 4.69) is 20.7 Å². The molecule has 1 aromatic heterocycles. The SMILES string of the molecule is COc1cc(C2C(C(=O)Nc3cccc(C)c3)=C(C)Nc3ncnn32)ccc1OC(C)C. The van der Waals surface area contributed by atoms with Gasteiger partial charge in [-0.3, -0.25) is 4.79 Å². The Labute approximate surface area is 187 Å². The first-order chi connectivity index (χ1) is 15.4. The summed E-state index contributed by atoms with van der Waals surface area (Å²) in [6.07, 6.45) is 1.48. The fourth-order valence-corrected chi connectivity index (χ4v) is 3.82. The predicted molar refractivity (Wildman–Crippen MR) is 123 cm³/mol. The summed E-state index contributed by atoms with van der Waals surface area (Å²) in [5.41, 5.74) is 3.89. The van der Waals surface area contributed by atoms with Crippen molar-refractivity contribution in [1.82, 2.24) is 14.8 Å². The number of hydrogen-bond acceptors (Lipinski definition) is 6. The van der Waals surface area contributed by atoms with Crippen LogP contribution in [-0.2, 0) is 4.79 Å². The maximum absolute atomic E-state index is 13.4. The summed E-state index contributed by atoms with van der Waals surface area (Å²) in [6.45, 7) is 7.77. The monoisotopic (exact) mass is 433 g/mol. The van der Waals surface area contributed by atoms with Crippen molar-refractivity contribution < 1.29 is 14.3 Å². The molecule has 8 nitrogen and oxygen atoms in total. The van der Waals surface area contributed by atoms with Crippen LogP contribution in [0.15, 0.2) is 60.1 Å². The van der Waals surface area contributed by atoms with E-state index in [9.17, 15) is 4.79 Å². The highest BCUT2D eigenvalue weighted by atomic mass is 16.5. The second-order valence-electron chi connectivity index (χ2n) is 7.99. The van der Waals surface area contributed by atoms with Gasteiger partial charge in [0.25, 0.3) is 5.91 Å². The van der Waals surface area contributed by atoms with Crippen molar-refractivity contribution in [3.8, 4) is 11.5 Å². The van der Waals surface area contributed by atoms with Gasteiger partial charge in [0.1, 0.15) is 12.4 Å². The number of benzene rings is 2. The first-order valence-corrected chi connectivity index (χ1v) is 10.5. The molecule has 2 N–H and O–H groups in total. The van der Waals surface area contributed by atoms with Crippen molar-refractivity contribution in [1.29, 1.82) is 0 Å². The zero-order chi connectivity index (χ0) is 22.8. The number of nitrogens with one attached hydrogen (secondary N) is 2. The van der Waals surface area contributed by atoms with Crippen LogP contribution in [0.2, 0.25) is 0 Å². The van der Waals surface area contributed by atoms with Crippen LogP contribution in [-0.4, -0.2) is 33.9 Å². The Bertz CT molecular complexity index is 1180. The molecule has 1 amide bonds. The van der Waals surface area contributed by atoms with E-state index in [0.29, 0.717) is 28.7 Å². The number of fused-ring (bicyclic) bond motifs is 1. The lowest BCUT2D eigenvalue weighted by molar-refractivity contribution is -0.113. The van der Waals surface area contributed by atoms with E-state index in [1.54, 1.807) is 11.8 Å². The van der Waals surface area contributed by atoms with Gasteiger partial charge in [0.15, 0.2) is 11.5 Å². The predicted octanol–water partition coefficient (Wildman–Crippen LogP) is 4.31. The number of carbonyl (C=O) groups is 1. The molecule has 2 heterocycles. The summed E-state index contributed by atoms with van der Waals surface area (Å²) >= 11 is 0. The van der Waals surface area contributed by atoms with Gasteiger partial charge >= 0.3 is 0 Å². The van der Waals surface area contributed by atoms with Crippen LogP contribution in [0.25, 0.3) is 0 Å². The van der Waals surface area contributed by atoms with Gasteiger partial charge in [0, 0.05) is 11.4 Å². The number of ether oxygens (including phenoxy) is 2. The molecule has 0 spiro atoms. The van der Waals surface area contributed by atoms with Crippen molar-refractivity contribution in [3.05, 3.63) is 71.2 Å². The third kappa shape index (κ3) is 4.16. The van der Waals surface area contributed by atoms with E-state index in [0.717, 1.165) is 16.8 Å². The van der Waals surface area contributed by atoms with Crippen molar-refractivity contribution in [2.45, 2.75) is 39.8 Å². The Morgan fingerprint density at radius 1 is 1.16 bits per heavy atom. The lowest BCUT2D eigenvalue weighted by atomic mass is 9.94. The quantitative estimate of drug-likeness (QED) is 0.602. The molecule has 0 saturated heterocycles. The van der Waals surface area contributed by atoms with Gasteiger partial charge in [-0.05, 0) is 63.1 Å². The molecule has 0 bridgehead atoms. The summed E-state index contributed by atoms with van der Waals surface area (Å²) < 4.78 is 13.1. The normalized spacial score (nSPS) is 15.2. The average Bonchev–Trinajstić information content (AvgIpc) is 3.20. The first-order valence-electron chi connectivity index (χ1n) is 10.5. The van der Waals surface area contributed by atoms with Gasteiger partial charge in [-0.1, -0.05) is 18.2 Å². The highest BCUT2D eigenvalue weighted by Gasteiger charge is 2.34. The van der Waals surface area contributed by atoms with Crippen LogP contribution < -0.4 is 20.1 Å². The summed E-state index contributed by atoms with van der Waals surface area (Å²) in [5, 5.41) is 10.6. The maximum atomic E-state index is 13.4. The minimum atomic E-state index is -0.486. The highest BCUT2D eigenvalue weighted by molar-refractivity contribution is 6.06. The Kier molecular flexibility index (Phi) is 5.85. The summed E-state index contributed by atoms with van der Waals surface area (Å²) in [5.74, 6) is 1.59. The summed E-state index contributed by atoms with van der Waals surface area (Å²) in [4.78, 5) is 17.7.